The van der Waals surface area contributed by atoms with E-state index in [1.165, 1.54) is 18.2 Å². The van der Waals surface area contributed by atoms with Gasteiger partial charge in [0, 0.05) is 54.4 Å². The van der Waals surface area contributed by atoms with E-state index in [-0.39, 0.29) is 40.3 Å². The molecule has 9 heteroatoms. The summed E-state index contributed by atoms with van der Waals surface area (Å²) in [6, 6.07) is 17.1. The smallest absolute Gasteiger partial charge is 0.270 e. The number of rotatable bonds is 2. The molecule has 0 aliphatic heterocycles. The van der Waals surface area contributed by atoms with Gasteiger partial charge in [0.05, 0.1) is 20.7 Å². The molecule has 0 spiro atoms. The quantitative estimate of drug-likeness (QED) is 0.173. The number of fused-ring (bicyclic) bond motifs is 2. The molecular formula is C21H19IN4O4. The van der Waals surface area contributed by atoms with Crippen LogP contribution in [0.25, 0.3) is 21.8 Å². The predicted octanol–water partition coefficient (Wildman–Crippen LogP) is 1.34. The van der Waals surface area contributed by atoms with Crippen LogP contribution >= 0.6 is 0 Å². The Bertz CT molecular complexity index is 1260. The molecule has 0 amide bonds. The molecule has 4 aromatic rings. The molecule has 30 heavy (non-hydrogen) atoms. The van der Waals surface area contributed by atoms with Crippen LogP contribution in [0, 0.1) is 34.1 Å². The number of pyridine rings is 2. The lowest BCUT2D eigenvalue weighted by molar-refractivity contribution is -0.651. The largest absolute Gasteiger partial charge is 1.00 e. The molecule has 2 aromatic heterocycles. The Morgan fingerprint density at radius 2 is 1.37 bits per heavy atom. The number of nitro groups is 2. The van der Waals surface area contributed by atoms with E-state index in [1.54, 1.807) is 18.2 Å². The predicted molar refractivity (Wildman–Crippen MR) is 110 cm³/mol. The first kappa shape index (κ1) is 23.1. The minimum Gasteiger partial charge on any atom is -1.00 e. The van der Waals surface area contributed by atoms with Crippen LogP contribution in [0.3, 0.4) is 0 Å². The summed E-state index contributed by atoms with van der Waals surface area (Å²) in [6.45, 7) is 3.89. The van der Waals surface area contributed by atoms with Crippen molar-refractivity contribution in [2.24, 2.45) is 7.05 Å². The number of non-ortho nitro benzene ring substituents is 2. The maximum atomic E-state index is 10.6. The van der Waals surface area contributed by atoms with Crippen molar-refractivity contribution in [2.45, 2.75) is 13.8 Å². The van der Waals surface area contributed by atoms with Crippen molar-refractivity contribution in [1.82, 2.24) is 4.98 Å². The van der Waals surface area contributed by atoms with Gasteiger partial charge in [-0.15, -0.1) is 0 Å². The summed E-state index contributed by atoms with van der Waals surface area (Å²) in [6.07, 6.45) is 0. The number of nitrogens with zero attached hydrogens (tertiary/aromatic N) is 4. The van der Waals surface area contributed by atoms with Gasteiger partial charge in [-0.1, -0.05) is 6.07 Å². The second kappa shape index (κ2) is 9.53. The molecule has 0 fully saturated rings. The van der Waals surface area contributed by atoms with Gasteiger partial charge < -0.3 is 24.0 Å². The molecule has 2 heterocycles. The Hall–Kier alpha value is -3.21. The Kier molecular flexibility index (Phi) is 7.33. The fraction of sp³-hybridized carbons (Fsp3) is 0.143. The maximum absolute atomic E-state index is 10.6. The van der Waals surface area contributed by atoms with Gasteiger partial charge in [-0.2, -0.15) is 4.57 Å². The Morgan fingerprint density at radius 1 is 0.800 bits per heavy atom. The topological polar surface area (TPSA) is 103 Å². The normalized spacial score (nSPS) is 10.1. The molecule has 0 N–H and O–H groups in total. The van der Waals surface area contributed by atoms with Crippen LogP contribution in [0.4, 0.5) is 11.4 Å². The number of aromatic nitrogens is 2. The van der Waals surface area contributed by atoms with Crippen molar-refractivity contribution in [1.29, 1.82) is 0 Å². The average molecular weight is 518 g/mol. The first-order chi connectivity index (χ1) is 13.8. The Labute approximate surface area is 189 Å². The van der Waals surface area contributed by atoms with Crippen LogP contribution in [0.5, 0.6) is 0 Å². The van der Waals surface area contributed by atoms with Crippen molar-refractivity contribution in [3.63, 3.8) is 0 Å². The summed E-state index contributed by atoms with van der Waals surface area (Å²) < 4.78 is 2.01. The Balaban J connectivity index is 0.000000207. The zero-order valence-corrected chi connectivity index (χ0v) is 18.7. The summed E-state index contributed by atoms with van der Waals surface area (Å²) in [5.41, 5.74) is 4.05. The van der Waals surface area contributed by atoms with E-state index < -0.39 is 4.92 Å². The van der Waals surface area contributed by atoms with Crippen molar-refractivity contribution in [2.75, 3.05) is 0 Å². The highest BCUT2D eigenvalue weighted by Crippen LogP contribution is 2.20. The van der Waals surface area contributed by atoms with E-state index in [0.29, 0.717) is 0 Å². The number of benzene rings is 2. The molecule has 0 aliphatic carbocycles. The molecule has 8 nitrogen and oxygen atoms in total. The highest BCUT2D eigenvalue weighted by molar-refractivity contribution is 5.81. The number of halogens is 1. The Morgan fingerprint density at radius 3 is 2.00 bits per heavy atom. The van der Waals surface area contributed by atoms with E-state index in [2.05, 4.69) is 4.98 Å². The van der Waals surface area contributed by atoms with Gasteiger partial charge in [0.2, 0.25) is 5.52 Å². The standard InChI is InChI=1S/C11H11N2O2.C10H8N2O2.HI/c1-8-3-4-9-7-10(13(14)15)5-6-11(9)12(8)2;1-7-2-3-8-6-9(12(13)14)4-5-10(8)11-7;/h3-7H,1-2H3;2-6H,1H3;1H/q+1;;/p-1. The molecule has 4 rings (SSSR count). The van der Waals surface area contributed by atoms with Crippen LogP contribution in [-0.2, 0) is 7.05 Å². The molecule has 0 radical (unpaired) electrons. The monoisotopic (exact) mass is 518 g/mol. The van der Waals surface area contributed by atoms with Crippen molar-refractivity contribution in [3.05, 3.63) is 92.3 Å². The molecule has 154 valence electrons. The van der Waals surface area contributed by atoms with Gasteiger partial charge in [0.15, 0.2) is 5.69 Å². The highest BCUT2D eigenvalue weighted by atomic mass is 127. The maximum Gasteiger partial charge on any atom is 0.270 e. The van der Waals surface area contributed by atoms with Gasteiger partial charge in [-0.05, 0) is 25.1 Å². The number of nitro benzene ring substituents is 2. The van der Waals surface area contributed by atoms with E-state index >= 15 is 0 Å². The van der Waals surface area contributed by atoms with Crippen LogP contribution < -0.4 is 28.5 Å². The SMILES string of the molecule is Cc1ccc2cc([N+](=O)[O-])ccc2[n+]1C.Cc1ccc2cc([N+](=O)[O-])ccc2n1.[I-]. The third-order valence-corrected chi connectivity index (χ3v) is 4.64. The third kappa shape index (κ3) is 5.03. The van der Waals surface area contributed by atoms with Gasteiger partial charge in [-0.25, -0.2) is 0 Å². The van der Waals surface area contributed by atoms with E-state index in [4.69, 9.17) is 0 Å². The lowest BCUT2D eigenvalue weighted by Gasteiger charge is -1.99. The van der Waals surface area contributed by atoms with Crippen molar-refractivity contribution in [3.8, 4) is 0 Å². The summed E-state index contributed by atoms with van der Waals surface area (Å²) in [5.74, 6) is 0. The number of hydrogen-bond acceptors (Lipinski definition) is 5. The molecule has 0 unspecified atom stereocenters. The highest BCUT2D eigenvalue weighted by Gasteiger charge is 2.12. The molecule has 0 saturated heterocycles. The van der Waals surface area contributed by atoms with Crippen LogP contribution in [0.1, 0.15) is 11.4 Å². The fourth-order valence-corrected chi connectivity index (χ4v) is 2.94. The van der Waals surface area contributed by atoms with Gasteiger partial charge in [-0.3, -0.25) is 25.2 Å². The molecule has 0 aliphatic rings. The first-order valence-corrected chi connectivity index (χ1v) is 8.82. The first-order valence-electron chi connectivity index (χ1n) is 8.82. The van der Waals surface area contributed by atoms with Crippen molar-refractivity contribution < 1.29 is 38.4 Å². The number of aryl methyl sites for hydroxylation is 3. The third-order valence-electron chi connectivity index (χ3n) is 4.64. The second-order valence-electron chi connectivity index (χ2n) is 6.62. The molecule has 0 atom stereocenters. The van der Waals surface area contributed by atoms with E-state index in [0.717, 1.165) is 33.2 Å². The molecule has 0 saturated carbocycles. The summed E-state index contributed by atoms with van der Waals surface area (Å²) >= 11 is 0. The molecular weight excluding hydrogens is 499 g/mol. The van der Waals surface area contributed by atoms with Crippen molar-refractivity contribution >= 4 is 33.2 Å². The average Bonchev–Trinajstić information content (AvgIpc) is 2.70. The molecule has 0 bridgehead atoms. The van der Waals surface area contributed by atoms with Crippen LogP contribution in [0.2, 0.25) is 0 Å². The summed E-state index contributed by atoms with van der Waals surface area (Å²) in [7, 11) is 1.95. The minimum absolute atomic E-state index is 0. The van der Waals surface area contributed by atoms with E-state index in [1.807, 2.05) is 49.7 Å². The molecule has 2 aromatic carbocycles. The van der Waals surface area contributed by atoms with Gasteiger partial charge in [0.25, 0.3) is 11.4 Å². The summed E-state index contributed by atoms with van der Waals surface area (Å²) in [4.78, 5) is 24.6. The minimum atomic E-state index is -0.403. The second-order valence-corrected chi connectivity index (χ2v) is 6.62. The fourth-order valence-electron chi connectivity index (χ4n) is 2.94. The van der Waals surface area contributed by atoms with Gasteiger partial charge in [0.1, 0.15) is 7.05 Å². The zero-order chi connectivity index (χ0) is 21.1. The summed E-state index contributed by atoms with van der Waals surface area (Å²) in [5, 5.41) is 22.8. The zero-order valence-electron chi connectivity index (χ0n) is 16.6. The lowest BCUT2D eigenvalue weighted by Crippen LogP contribution is -3.00. The van der Waals surface area contributed by atoms with Crippen LogP contribution in [0.15, 0.2) is 60.7 Å². The van der Waals surface area contributed by atoms with Gasteiger partial charge >= 0.3 is 0 Å². The van der Waals surface area contributed by atoms with Crippen LogP contribution in [-0.4, -0.2) is 14.8 Å². The lowest BCUT2D eigenvalue weighted by atomic mass is 10.2. The van der Waals surface area contributed by atoms with E-state index in [9.17, 15) is 20.2 Å². The number of hydrogen-bond donors (Lipinski definition) is 0.